The highest BCUT2D eigenvalue weighted by atomic mass is 16.6. The number of carbonyl (C=O) groups is 5. The molecular weight excluding hydrogens is 480 g/mol. The number of carbonyl (C=O) groups excluding carboxylic acids is 5. The normalized spacial score (nSPS) is 12.6. The van der Waals surface area contributed by atoms with Crippen molar-refractivity contribution in [3.05, 3.63) is 34.9 Å². The van der Waals surface area contributed by atoms with E-state index < -0.39 is 47.5 Å². The minimum absolute atomic E-state index is 0.0863. The number of aryl methyl sites for hydroxylation is 2. The average Bonchev–Trinajstić information content (AvgIpc) is 2.79. The highest BCUT2D eigenvalue weighted by molar-refractivity contribution is 5.93. The van der Waals surface area contributed by atoms with Crippen molar-refractivity contribution in [3.63, 3.8) is 0 Å². The summed E-state index contributed by atoms with van der Waals surface area (Å²) in [5.74, 6) is -2.48. The summed E-state index contributed by atoms with van der Waals surface area (Å²) < 4.78 is 9.92. The Balaban J connectivity index is 3.49. The first-order chi connectivity index (χ1) is 17.2. The van der Waals surface area contributed by atoms with Gasteiger partial charge in [0.15, 0.2) is 0 Å². The molecule has 1 aromatic carbocycles. The van der Waals surface area contributed by atoms with E-state index in [-0.39, 0.29) is 25.9 Å². The third-order valence-electron chi connectivity index (χ3n) is 5.33. The number of nitrogens with two attached hydrogens (primary N) is 1. The molecule has 1 aromatic rings. The maximum Gasteiger partial charge on any atom is 0.408 e. The Morgan fingerprint density at radius 2 is 1.76 bits per heavy atom. The summed E-state index contributed by atoms with van der Waals surface area (Å²) >= 11 is 0. The standard InChI is InChI=1S/C26H40N4O7/c1-8-13-30(24(34)19(11-12-20(27)31)29-25(35)37-26(4,5)6)22(23(33)28-15-21(32)36-7)18-10-9-16(2)14-17(18)3/h9-10,14,19,22H,8,11-13,15H2,1-7H3,(H2,27,31)(H,28,33)(H,29,35). The third-order valence-corrected chi connectivity index (χ3v) is 5.33. The number of methoxy groups -OCH3 is 1. The fraction of sp³-hybridized carbons (Fsp3) is 0.577. The van der Waals surface area contributed by atoms with Gasteiger partial charge in [0, 0.05) is 13.0 Å². The zero-order valence-electron chi connectivity index (χ0n) is 22.8. The van der Waals surface area contributed by atoms with E-state index >= 15 is 0 Å². The minimum Gasteiger partial charge on any atom is -0.468 e. The van der Waals surface area contributed by atoms with Crippen molar-refractivity contribution in [1.29, 1.82) is 0 Å². The van der Waals surface area contributed by atoms with Gasteiger partial charge in [-0.05, 0) is 58.6 Å². The predicted octanol–water partition coefficient (Wildman–Crippen LogP) is 2.03. The summed E-state index contributed by atoms with van der Waals surface area (Å²) in [6.45, 7) is 10.4. The Bertz CT molecular complexity index is 988. The Kier molecular flexibility index (Phi) is 12.0. The second kappa shape index (κ2) is 14.2. The molecule has 0 heterocycles. The number of ether oxygens (including phenoxy) is 2. The third kappa shape index (κ3) is 10.5. The molecule has 0 fully saturated rings. The van der Waals surface area contributed by atoms with Gasteiger partial charge in [0.2, 0.25) is 17.7 Å². The summed E-state index contributed by atoms with van der Waals surface area (Å²) in [6, 6.07) is 3.16. The van der Waals surface area contributed by atoms with Crippen LogP contribution in [0.5, 0.6) is 0 Å². The zero-order valence-corrected chi connectivity index (χ0v) is 22.8. The number of amides is 4. The van der Waals surface area contributed by atoms with Gasteiger partial charge < -0.3 is 30.7 Å². The molecule has 4 amide bonds. The average molecular weight is 521 g/mol. The Labute approximate surface area is 218 Å². The molecule has 4 N–H and O–H groups in total. The molecule has 0 radical (unpaired) electrons. The number of esters is 1. The minimum atomic E-state index is -1.18. The Morgan fingerprint density at radius 1 is 1.11 bits per heavy atom. The second-order valence-corrected chi connectivity index (χ2v) is 9.79. The van der Waals surface area contributed by atoms with E-state index in [2.05, 4.69) is 15.4 Å². The molecule has 0 aliphatic rings. The van der Waals surface area contributed by atoms with Crippen molar-refractivity contribution < 1.29 is 33.4 Å². The fourth-order valence-corrected chi connectivity index (χ4v) is 3.71. The molecule has 0 saturated heterocycles. The Hall–Kier alpha value is -3.63. The number of alkyl carbamates (subject to hydrolysis) is 1. The first-order valence-corrected chi connectivity index (χ1v) is 12.2. The topological polar surface area (TPSA) is 157 Å². The number of primary amides is 1. The largest absolute Gasteiger partial charge is 0.468 e. The van der Waals surface area contributed by atoms with Crippen molar-refractivity contribution in [2.75, 3.05) is 20.2 Å². The van der Waals surface area contributed by atoms with Gasteiger partial charge in [-0.25, -0.2) is 4.79 Å². The number of nitrogens with one attached hydrogen (secondary N) is 2. The van der Waals surface area contributed by atoms with Crippen molar-refractivity contribution >= 4 is 29.8 Å². The molecule has 0 aliphatic heterocycles. The van der Waals surface area contributed by atoms with Crippen LogP contribution in [0.4, 0.5) is 4.79 Å². The molecule has 0 aromatic heterocycles. The van der Waals surface area contributed by atoms with Crippen LogP contribution in [0.3, 0.4) is 0 Å². The molecule has 37 heavy (non-hydrogen) atoms. The lowest BCUT2D eigenvalue weighted by molar-refractivity contribution is -0.144. The lowest BCUT2D eigenvalue weighted by Crippen LogP contribution is -2.53. The lowest BCUT2D eigenvalue weighted by atomic mass is 9.96. The monoisotopic (exact) mass is 520 g/mol. The number of rotatable bonds is 12. The highest BCUT2D eigenvalue weighted by Gasteiger charge is 2.36. The van der Waals surface area contributed by atoms with E-state index in [4.69, 9.17) is 10.5 Å². The molecule has 0 saturated carbocycles. The molecule has 206 valence electrons. The van der Waals surface area contributed by atoms with Crippen molar-refractivity contribution in [1.82, 2.24) is 15.5 Å². The van der Waals surface area contributed by atoms with Crippen LogP contribution in [0.2, 0.25) is 0 Å². The molecule has 11 nitrogen and oxygen atoms in total. The molecule has 11 heteroatoms. The smallest absolute Gasteiger partial charge is 0.408 e. The number of nitrogens with zero attached hydrogens (tertiary/aromatic N) is 1. The first-order valence-electron chi connectivity index (χ1n) is 12.2. The van der Waals surface area contributed by atoms with E-state index in [1.165, 1.54) is 12.0 Å². The van der Waals surface area contributed by atoms with Crippen molar-refractivity contribution in [2.45, 2.75) is 78.5 Å². The quantitative estimate of drug-likeness (QED) is 0.356. The van der Waals surface area contributed by atoms with E-state index in [1.807, 2.05) is 32.9 Å². The molecule has 2 atom stereocenters. The number of hydrogen-bond acceptors (Lipinski definition) is 7. The van der Waals surface area contributed by atoms with Gasteiger partial charge in [0.05, 0.1) is 7.11 Å². The van der Waals surface area contributed by atoms with Gasteiger partial charge in [-0.15, -0.1) is 0 Å². The predicted molar refractivity (Wildman–Crippen MR) is 137 cm³/mol. The fourth-order valence-electron chi connectivity index (χ4n) is 3.71. The zero-order chi connectivity index (χ0) is 28.3. The van der Waals surface area contributed by atoms with Crippen LogP contribution >= 0.6 is 0 Å². The summed E-state index contributed by atoms with van der Waals surface area (Å²) in [5.41, 5.74) is 6.77. The van der Waals surface area contributed by atoms with Gasteiger partial charge >= 0.3 is 12.1 Å². The summed E-state index contributed by atoms with van der Waals surface area (Å²) in [5, 5.41) is 5.06. The van der Waals surface area contributed by atoms with Gasteiger partial charge in [-0.3, -0.25) is 19.2 Å². The maximum atomic E-state index is 13.9. The van der Waals surface area contributed by atoms with Crippen molar-refractivity contribution in [2.24, 2.45) is 5.73 Å². The van der Waals surface area contributed by atoms with Gasteiger partial charge in [0.25, 0.3) is 0 Å². The van der Waals surface area contributed by atoms with Crippen LogP contribution < -0.4 is 16.4 Å². The van der Waals surface area contributed by atoms with Crippen LogP contribution in [-0.2, 0) is 28.7 Å². The van der Waals surface area contributed by atoms with Crippen LogP contribution in [0.15, 0.2) is 18.2 Å². The summed E-state index contributed by atoms with van der Waals surface area (Å²) in [6.07, 6.45) is -0.608. The van der Waals surface area contributed by atoms with Crippen LogP contribution in [0, 0.1) is 13.8 Å². The van der Waals surface area contributed by atoms with E-state index in [0.29, 0.717) is 12.0 Å². The first kappa shape index (κ1) is 31.4. The Morgan fingerprint density at radius 3 is 2.27 bits per heavy atom. The maximum absolute atomic E-state index is 13.9. The molecule has 0 bridgehead atoms. The van der Waals surface area contributed by atoms with Crippen LogP contribution in [0.25, 0.3) is 0 Å². The molecule has 2 unspecified atom stereocenters. The van der Waals surface area contributed by atoms with Crippen molar-refractivity contribution in [3.8, 4) is 0 Å². The van der Waals surface area contributed by atoms with Gasteiger partial charge in [0.1, 0.15) is 24.2 Å². The summed E-state index contributed by atoms with van der Waals surface area (Å²) in [7, 11) is 1.20. The second-order valence-electron chi connectivity index (χ2n) is 9.79. The molecule has 0 spiro atoms. The van der Waals surface area contributed by atoms with Gasteiger partial charge in [-0.2, -0.15) is 0 Å². The SMILES string of the molecule is CCCN(C(=O)C(CCC(N)=O)NC(=O)OC(C)(C)C)C(C(=O)NCC(=O)OC)c1ccc(C)cc1C. The van der Waals surface area contributed by atoms with E-state index in [0.717, 1.165) is 11.1 Å². The van der Waals surface area contributed by atoms with E-state index in [9.17, 15) is 24.0 Å². The summed E-state index contributed by atoms with van der Waals surface area (Å²) in [4.78, 5) is 64.3. The molecular formula is C26H40N4O7. The number of benzene rings is 1. The molecule has 0 aliphatic carbocycles. The number of hydrogen-bond donors (Lipinski definition) is 3. The van der Waals surface area contributed by atoms with Gasteiger partial charge in [-0.1, -0.05) is 30.7 Å². The van der Waals surface area contributed by atoms with E-state index in [1.54, 1.807) is 26.8 Å². The lowest BCUT2D eigenvalue weighted by Gasteiger charge is -2.35. The highest BCUT2D eigenvalue weighted by Crippen LogP contribution is 2.27. The van der Waals surface area contributed by atoms with Crippen LogP contribution in [0.1, 0.15) is 69.7 Å². The molecule has 1 rings (SSSR count). The van der Waals surface area contributed by atoms with Crippen LogP contribution in [-0.4, -0.2) is 66.5 Å².